The van der Waals surface area contributed by atoms with Crippen molar-refractivity contribution in [2.75, 3.05) is 30.9 Å². The van der Waals surface area contributed by atoms with Crippen molar-refractivity contribution in [1.29, 1.82) is 0 Å². The van der Waals surface area contributed by atoms with E-state index in [0.717, 1.165) is 30.2 Å². The Morgan fingerprint density at radius 3 is 2.65 bits per heavy atom. The van der Waals surface area contributed by atoms with E-state index in [0.29, 0.717) is 17.1 Å². The lowest BCUT2D eigenvalue weighted by Gasteiger charge is -2.25. The average molecular weight is 333 g/mol. The van der Waals surface area contributed by atoms with E-state index in [1.165, 1.54) is 11.9 Å². The van der Waals surface area contributed by atoms with Crippen LogP contribution < -0.4 is 15.0 Å². The largest absolute Gasteiger partial charge is 0.497 e. The summed E-state index contributed by atoms with van der Waals surface area (Å²) < 4.78 is 5.24. The molecule has 0 spiro atoms. The predicted molar refractivity (Wildman–Crippen MR) is 93.7 cm³/mol. The minimum atomic E-state index is 0.389. The molecule has 1 aromatic carbocycles. The van der Waals surface area contributed by atoms with Crippen molar-refractivity contribution in [3.8, 4) is 5.75 Å². The zero-order valence-corrected chi connectivity index (χ0v) is 14.3. The van der Waals surface area contributed by atoms with Gasteiger partial charge in [-0.15, -0.1) is 0 Å². The zero-order chi connectivity index (χ0) is 16.4. The fourth-order valence-electron chi connectivity index (χ4n) is 3.23. The van der Waals surface area contributed by atoms with Gasteiger partial charge in [0.15, 0.2) is 11.0 Å². The monoisotopic (exact) mass is 332 g/mol. The third kappa shape index (κ3) is 3.06. The van der Waals surface area contributed by atoms with Crippen LogP contribution >= 0.6 is 11.6 Å². The van der Waals surface area contributed by atoms with Gasteiger partial charge in [-0.2, -0.15) is 0 Å². The molecule has 2 atom stereocenters. The van der Waals surface area contributed by atoms with E-state index in [1.54, 1.807) is 7.11 Å². The van der Waals surface area contributed by atoms with Crippen LogP contribution in [0.25, 0.3) is 0 Å². The summed E-state index contributed by atoms with van der Waals surface area (Å²) in [5, 5.41) is 3.57. The smallest absolute Gasteiger partial charge is 0.157 e. The highest BCUT2D eigenvalue weighted by Gasteiger charge is 2.32. The summed E-state index contributed by atoms with van der Waals surface area (Å²) in [7, 11) is 3.53. The van der Waals surface area contributed by atoms with Crippen molar-refractivity contribution < 1.29 is 4.74 Å². The highest BCUT2D eigenvalue weighted by Crippen LogP contribution is 2.38. The molecule has 0 saturated carbocycles. The Hall–Kier alpha value is -2.01. The normalized spacial score (nSPS) is 20.6. The fourth-order valence-corrected chi connectivity index (χ4v) is 3.45. The Labute approximate surface area is 141 Å². The number of rotatable bonds is 4. The Morgan fingerprint density at radius 1 is 1.26 bits per heavy atom. The molecule has 1 N–H and O–H groups in total. The van der Waals surface area contributed by atoms with Crippen LogP contribution in [0, 0.1) is 0 Å². The van der Waals surface area contributed by atoms with Crippen molar-refractivity contribution in [1.82, 2.24) is 9.97 Å². The van der Waals surface area contributed by atoms with E-state index < -0.39 is 0 Å². The molecule has 2 heterocycles. The molecule has 1 fully saturated rings. The number of hydrogen-bond donors (Lipinski definition) is 1. The number of nitrogens with one attached hydrogen (secondary N) is 1. The first-order valence-electron chi connectivity index (χ1n) is 7.73. The second kappa shape index (κ2) is 6.62. The lowest BCUT2D eigenvalue weighted by molar-refractivity contribution is 0.414. The van der Waals surface area contributed by atoms with Gasteiger partial charge in [0, 0.05) is 25.6 Å². The summed E-state index contributed by atoms with van der Waals surface area (Å²) in [4.78, 5) is 10.8. The second-order valence-corrected chi connectivity index (χ2v) is 6.18. The van der Waals surface area contributed by atoms with E-state index >= 15 is 0 Å². The molecule has 1 aromatic heterocycles. The quantitative estimate of drug-likeness (QED) is 0.867. The van der Waals surface area contributed by atoms with Crippen LogP contribution in [0.2, 0.25) is 5.15 Å². The summed E-state index contributed by atoms with van der Waals surface area (Å²) >= 11 is 6.19. The number of halogens is 1. The molecule has 2 aromatic rings. The molecule has 3 rings (SSSR count). The minimum absolute atomic E-state index is 0.389. The van der Waals surface area contributed by atoms with Crippen LogP contribution in [0.3, 0.4) is 0 Å². The Bertz CT molecular complexity index is 677. The standard InChI is InChI=1S/C17H21ClN4O/c1-11-8-13(12-4-6-14(23-3)7-5-12)9-22(11)17-15(19-2)16(18)20-10-21-17/h4-7,10-11,13,19H,8-9H2,1-3H3. The van der Waals surface area contributed by atoms with Gasteiger partial charge in [-0.1, -0.05) is 23.7 Å². The average Bonchev–Trinajstić information content (AvgIpc) is 2.96. The predicted octanol–water partition coefficient (Wildman–Crippen LogP) is 3.56. The Morgan fingerprint density at radius 2 is 2.00 bits per heavy atom. The molecule has 1 saturated heterocycles. The van der Waals surface area contributed by atoms with Crippen molar-refractivity contribution in [2.45, 2.75) is 25.3 Å². The number of nitrogens with zero attached hydrogens (tertiary/aromatic N) is 3. The molecule has 0 radical (unpaired) electrons. The summed E-state index contributed by atoms with van der Waals surface area (Å²) in [6.07, 6.45) is 2.60. The Kier molecular flexibility index (Phi) is 4.57. The zero-order valence-electron chi connectivity index (χ0n) is 13.6. The first kappa shape index (κ1) is 15.9. The highest BCUT2D eigenvalue weighted by molar-refractivity contribution is 6.32. The summed E-state index contributed by atoms with van der Waals surface area (Å²) in [5.41, 5.74) is 2.11. The topological polar surface area (TPSA) is 50.3 Å². The van der Waals surface area contributed by atoms with Gasteiger partial charge in [0.1, 0.15) is 17.8 Å². The first-order valence-corrected chi connectivity index (χ1v) is 8.10. The van der Waals surface area contributed by atoms with Crippen LogP contribution in [-0.4, -0.2) is 36.7 Å². The van der Waals surface area contributed by atoms with Gasteiger partial charge in [-0.05, 0) is 31.0 Å². The number of anilines is 2. The van der Waals surface area contributed by atoms with E-state index in [9.17, 15) is 0 Å². The molecule has 0 aliphatic carbocycles. The van der Waals surface area contributed by atoms with E-state index in [-0.39, 0.29) is 0 Å². The van der Waals surface area contributed by atoms with Crippen LogP contribution in [0.15, 0.2) is 30.6 Å². The van der Waals surface area contributed by atoms with E-state index in [2.05, 4.69) is 39.2 Å². The van der Waals surface area contributed by atoms with Gasteiger partial charge in [-0.3, -0.25) is 0 Å². The van der Waals surface area contributed by atoms with Gasteiger partial charge < -0.3 is 15.0 Å². The third-order valence-corrected chi connectivity index (χ3v) is 4.75. The van der Waals surface area contributed by atoms with E-state index in [4.69, 9.17) is 16.3 Å². The molecule has 1 aliphatic rings. The Balaban J connectivity index is 1.85. The molecule has 6 heteroatoms. The number of ether oxygens (including phenoxy) is 1. The van der Waals surface area contributed by atoms with Gasteiger partial charge in [-0.25, -0.2) is 9.97 Å². The molecular formula is C17H21ClN4O. The maximum absolute atomic E-state index is 6.19. The summed E-state index contributed by atoms with van der Waals surface area (Å²) in [6.45, 7) is 3.13. The maximum Gasteiger partial charge on any atom is 0.157 e. The lowest BCUT2D eigenvalue weighted by atomic mass is 9.97. The number of benzene rings is 1. The molecule has 1 aliphatic heterocycles. The fraction of sp³-hybridized carbons (Fsp3) is 0.412. The maximum atomic E-state index is 6.19. The van der Waals surface area contributed by atoms with Gasteiger partial charge in [0.2, 0.25) is 0 Å². The first-order chi connectivity index (χ1) is 11.1. The molecule has 122 valence electrons. The number of methoxy groups -OCH3 is 1. The molecule has 23 heavy (non-hydrogen) atoms. The highest BCUT2D eigenvalue weighted by atomic mass is 35.5. The van der Waals surface area contributed by atoms with Crippen LogP contribution in [0.5, 0.6) is 5.75 Å². The van der Waals surface area contributed by atoms with E-state index in [1.807, 2.05) is 19.2 Å². The lowest BCUT2D eigenvalue weighted by Crippen LogP contribution is -2.28. The van der Waals surface area contributed by atoms with Gasteiger partial charge in [0.05, 0.1) is 7.11 Å². The molecular weight excluding hydrogens is 312 g/mol. The van der Waals surface area contributed by atoms with Crippen LogP contribution in [0.1, 0.15) is 24.8 Å². The van der Waals surface area contributed by atoms with Crippen molar-refractivity contribution in [3.05, 3.63) is 41.3 Å². The number of hydrogen-bond acceptors (Lipinski definition) is 5. The second-order valence-electron chi connectivity index (χ2n) is 5.82. The SMILES string of the molecule is CNc1c(Cl)ncnc1N1CC(c2ccc(OC)cc2)CC1C. The van der Waals surface area contributed by atoms with Crippen molar-refractivity contribution in [3.63, 3.8) is 0 Å². The van der Waals surface area contributed by atoms with Crippen LogP contribution in [-0.2, 0) is 0 Å². The number of aromatic nitrogens is 2. The van der Waals surface area contributed by atoms with Gasteiger partial charge in [0.25, 0.3) is 0 Å². The van der Waals surface area contributed by atoms with Crippen molar-refractivity contribution >= 4 is 23.1 Å². The van der Waals surface area contributed by atoms with Crippen molar-refractivity contribution in [2.24, 2.45) is 0 Å². The third-order valence-electron chi connectivity index (χ3n) is 4.47. The molecule has 0 bridgehead atoms. The molecule has 0 amide bonds. The summed E-state index contributed by atoms with van der Waals surface area (Å²) in [6, 6.07) is 8.71. The summed E-state index contributed by atoms with van der Waals surface area (Å²) in [5.74, 6) is 2.22. The molecule has 5 nitrogen and oxygen atoms in total. The van der Waals surface area contributed by atoms with Crippen LogP contribution in [0.4, 0.5) is 11.5 Å². The molecule has 2 unspecified atom stereocenters. The minimum Gasteiger partial charge on any atom is -0.497 e. The van der Waals surface area contributed by atoms with Gasteiger partial charge >= 0.3 is 0 Å².